The number of benzene rings is 3. The molecule has 0 aromatic heterocycles. The van der Waals surface area contributed by atoms with Gasteiger partial charge in [0.1, 0.15) is 0 Å². The van der Waals surface area contributed by atoms with Crippen molar-refractivity contribution in [3.8, 4) is 11.1 Å². The normalized spacial score (nSPS) is 13.2. The molecule has 0 saturated heterocycles. The van der Waals surface area contributed by atoms with E-state index in [1.165, 1.54) is 6.92 Å². The summed E-state index contributed by atoms with van der Waals surface area (Å²) in [4.78, 5) is 0. The maximum absolute atomic E-state index is 15.1. The maximum atomic E-state index is 15.1. The molecule has 0 heterocycles. The van der Waals surface area contributed by atoms with Gasteiger partial charge >= 0.3 is 197 Å². The quantitative estimate of drug-likeness (QED) is 0.142. The van der Waals surface area contributed by atoms with E-state index < -0.39 is 108 Å². The van der Waals surface area contributed by atoms with E-state index in [1.54, 1.807) is 0 Å². The van der Waals surface area contributed by atoms with Gasteiger partial charge in [0.25, 0.3) is 0 Å². The van der Waals surface area contributed by atoms with Gasteiger partial charge in [0.2, 0.25) is 0 Å². The molecule has 0 saturated carbocycles. The van der Waals surface area contributed by atoms with E-state index in [1.807, 2.05) is 0 Å². The van der Waals surface area contributed by atoms with Crippen LogP contribution in [0.5, 0.6) is 0 Å². The van der Waals surface area contributed by atoms with Gasteiger partial charge < -0.3 is 0 Å². The van der Waals surface area contributed by atoms with E-state index in [0.29, 0.717) is 0 Å². The molecular weight excluding hydrogens is 583 g/mol. The fraction of sp³-hybridized carbons (Fsp3) is 0.182. The van der Waals surface area contributed by atoms with Crippen LogP contribution in [-0.2, 0) is 3.74 Å². The zero-order valence-corrected chi connectivity index (χ0v) is 19.5. The summed E-state index contributed by atoms with van der Waals surface area (Å²) in [5.74, 6) is -30.4. The summed E-state index contributed by atoms with van der Waals surface area (Å²) >= 11 is -6.31. The van der Waals surface area contributed by atoms with Crippen molar-refractivity contribution in [2.24, 2.45) is 0 Å². The van der Waals surface area contributed by atoms with Crippen molar-refractivity contribution in [1.82, 2.24) is 0 Å². The molecule has 36 heavy (non-hydrogen) atoms. The molecule has 0 radical (unpaired) electrons. The Morgan fingerprint density at radius 2 is 0.917 bits per heavy atom. The van der Waals surface area contributed by atoms with Crippen LogP contribution < -0.4 is 8.70 Å². The van der Waals surface area contributed by atoms with Crippen LogP contribution in [0, 0.1) is 69.8 Å². The Balaban J connectivity index is 2.49. The molecule has 0 aliphatic heterocycles. The Kier molecular flexibility index (Phi) is 7.64. The number of halogens is 12. The summed E-state index contributed by atoms with van der Waals surface area (Å²) in [6, 6.07) is 0.494. The van der Waals surface area contributed by atoms with E-state index in [4.69, 9.17) is 0 Å². The van der Waals surface area contributed by atoms with Crippen LogP contribution in [0.1, 0.15) is 19.8 Å². The van der Waals surface area contributed by atoms with Crippen molar-refractivity contribution in [3.05, 3.63) is 81.9 Å². The van der Waals surface area contributed by atoms with Crippen molar-refractivity contribution in [1.29, 1.82) is 0 Å². The van der Waals surface area contributed by atoms with Gasteiger partial charge in [-0.3, -0.25) is 0 Å². The second kappa shape index (κ2) is 9.91. The summed E-state index contributed by atoms with van der Waals surface area (Å²) in [5.41, 5.74) is -4.77. The van der Waals surface area contributed by atoms with E-state index in [9.17, 15) is 47.6 Å². The van der Waals surface area contributed by atoms with E-state index in [0.717, 1.165) is 0 Å². The summed E-state index contributed by atoms with van der Waals surface area (Å²) < 4.78 is 182. The number of rotatable bonds is 6. The average Bonchev–Trinajstić information content (AvgIpc) is 2.83. The molecule has 0 aliphatic carbocycles. The van der Waals surface area contributed by atoms with E-state index in [2.05, 4.69) is 0 Å². The number of hydrogen-bond acceptors (Lipinski definition) is 1. The van der Waals surface area contributed by atoms with Crippen LogP contribution in [-0.4, -0.2) is 13.5 Å². The van der Waals surface area contributed by atoms with Crippen LogP contribution in [0.15, 0.2) is 12.1 Å². The summed E-state index contributed by atoms with van der Waals surface area (Å²) in [6.45, 7) is 1.43. The molecule has 0 fully saturated rings. The first-order chi connectivity index (χ1) is 16.7. The third-order valence-electron chi connectivity index (χ3n) is 5.27. The van der Waals surface area contributed by atoms with Crippen LogP contribution >= 0.6 is 0 Å². The Bertz CT molecular complexity index is 1380. The molecule has 0 amide bonds. The van der Waals surface area contributed by atoms with Gasteiger partial charge in [-0.25, -0.2) is 0 Å². The molecular formula is C22H11AsF12O. The van der Waals surface area contributed by atoms with Gasteiger partial charge in [0, 0.05) is 0 Å². The molecule has 3 aromatic rings. The van der Waals surface area contributed by atoms with Crippen LogP contribution in [0.25, 0.3) is 11.1 Å². The Labute approximate surface area is 197 Å². The summed E-state index contributed by atoms with van der Waals surface area (Å²) in [5, 5.41) is -0.985. The fourth-order valence-corrected chi connectivity index (χ4v) is 10.1. The first-order valence-electron chi connectivity index (χ1n) is 9.83. The van der Waals surface area contributed by atoms with Gasteiger partial charge in [-0.15, -0.1) is 0 Å². The minimum atomic E-state index is -6.31. The Hall–Kier alpha value is -2.82. The molecule has 1 unspecified atom stereocenters. The van der Waals surface area contributed by atoms with Gasteiger partial charge in [0.15, 0.2) is 0 Å². The molecule has 0 spiro atoms. The van der Waals surface area contributed by atoms with Crippen LogP contribution in [0.3, 0.4) is 0 Å². The topological polar surface area (TPSA) is 17.1 Å². The third-order valence-corrected chi connectivity index (χ3v) is 12.0. The first kappa shape index (κ1) is 27.8. The predicted molar refractivity (Wildman–Crippen MR) is 103 cm³/mol. The Morgan fingerprint density at radius 1 is 0.528 bits per heavy atom. The third kappa shape index (κ3) is 4.10. The average molecular weight is 594 g/mol. The molecule has 194 valence electrons. The molecule has 1 atom stereocenters. The molecule has 14 heteroatoms. The van der Waals surface area contributed by atoms with Gasteiger partial charge in [0.05, 0.1) is 0 Å². The van der Waals surface area contributed by atoms with Crippen molar-refractivity contribution in [2.75, 3.05) is 0 Å². The first-order valence-corrected chi connectivity index (χ1v) is 13.8. The van der Waals surface area contributed by atoms with Crippen molar-refractivity contribution in [2.45, 2.75) is 25.0 Å². The monoisotopic (exact) mass is 594 g/mol. The van der Waals surface area contributed by atoms with Crippen LogP contribution in [0.2, 0.25) is 5.21 Å². The zero-order valence-electron chi connectivity index (χ0n) is 17.7. The second-order valence-corrected chi connectivity index (χ2v) is 13.4. The van der Waals surface area contributed by atoms with Crippen molar-refractivity contribution >= 4 is 22.2 Å². The van der Waals surface area contributed by atoms with Crippen molar-refractivity contribution < 1.29 is 56.4 Å². The summed E-state index contributed by atoms with van der Waals surface area (Å²) in [6.07, 6.45) is -0.228. The summed E-state index contributed by atoms with van der Waals surface area (Å²) in [7, 11) is 0. The van der Waals surface area contributed by atoms with E-state index >= 15 is 8.78 Å². The standard InChI is InChI=1S/C22H11AsF12O/c1-2-3-6-23(36,11-7(24)4-5-8(25)13(11)26)12-18(31)14(27)9(15(28)19(12)32)10-16(29)20(33)22(35)21(34)17(10)30/h4-5H,2-3,6H2,1H3. The number of hydrogen-bond donors (Lipinski definition) is 0. The molecule has 0 N–H and O–H groups in total. The molecule has 3 rings (SSSR count). The molecule has 0 bridgehead atoms. The SMILES string of the molecule is CCCC[As](=O)(c1c(F)ccc(F)c1F)c1c(F)c(F)c(-c2c(F)c(F)c(F)c(F)c2F)c(F)c1F. The fourth-order valence-electron chi connectivity index (χ4n) is 3.54. The molecule has 1 nitrogen and oxygen atoms in total. The van der Waals surface area contributed by atoms with Crippen molar-refractivity contribution in [3.63, 3.8) is 0 Å². The van der Waals surface area contributed by atoms with Gasteiger partial charge in [-0.1, -0.05) is 0 Å². The van der Waals surface area contributed by atoms with E-state index in [-0.39, 0.29) is 25.0 Å². The van der Waals surface area contributed by atoms with Gasteiger partial charge in [-0.2, -0.15) is 0 Å². The minimum absolute atomic E-state index is 0.0701. The van der Waals surface area contributed by atoms with Gasteiger partial charge in [-0.05, 0) is 0 Å². The second-order valence-electron chi connectivity index (χ2n) is 7.43. The number of unbranched alkanes of at least 4 members (excludes halogenated alkanes) is 1. The zero-order chi connectivity index (χ0) is 27.3. The predicted octanol–water partition coefficient (Wildman–Crippen LogP) is 6.31. The Morgan fingerprint density at radius 3 is 1.36 bits per heavy atom. The van der Waals surface area contributed by atoms with Crippen LogP contribution in [0.4, 0.5) is 52.7 Å². The molecule has 0 aliphatic rings. The molecule has 3 aromatic carbocycles.